The van der Waals surface area contributed by atoms with Crippen LogP contribution < -0.4 is 11.2 Å². The average Bonchev–Trinajstić information content (AvgIpc) is 2.79. The smallest absolute Gasteiger partial charge is 0.332 e. The molecule has 1 atom stereocenters. The number of hydrogen-bond donors (Lipinski definition) is 1. The number of aliphatic hydroxyl groups excluding tert-OH is 1. The minimum Gasteiger partial charge on any atom is -0.390 e. The molecule has 3 rings (SSSR count). The van der Waals surface area contributed by atoms with Crippen molar-refractivity contribution in [2.45, 2.75) is 57.4 Å². The van der Waals surface area contributed by atoms with Crippen molar-refractivity contribution in [2.75, 3.05) is 12.4 Å². The maximum Gasteiger partial charge on any atom is 0.332 e. The number of halogens is 1. The standard InChI is InChI=1S/C23H29ClN4O4S/c1-5-10-28-20-18(22(30)27(4)23(28)31)21(26-19(25-20)14(2)3)33-13-16(29)12-32-11-15-8-6-7-9-17(15)24/h6-9,14,16,29H,5,10-13H2,1-4H3. The second kappa shape index (κ2) is 11.3. The molecule has 3 aromatic rings. The quantitative estimate of drug-likeness (QED) is 0.342. The largest absolute Gasteiger partial charge is 0.390 e. The lowest BCUT2D eigenvalue weighted by atomic mass is 10.2. The Morgan fingerprint density at radius 2 is 1.94 bits per heavy atom. The summed E-state index contributed by atoms with van der Waals surface area (Å²) in [6.45, 7) is 6.71. The van der Waals surface area contributed by atoms with Crippen molar-refractivity contribution in [3.8, 4) is 0 Å². The van der Waals surface area contributed by atoms with E-state index in [0.29, 0.717) is 40.1 Å². The third-order valence-corrected chi connectivity index (χ3v) is 6.56. The van der Waals surface area contributed by atoms with Crippen molar-refractivity contribution >= 4 is 34.4 Å². The highest BCUT2D eigenvalue weighted by Crippen LogP contribution is 2.25. The average molecular weight is 493 g/mol. The van der Waals surface area contributed by atoms with Crippen LogP contribution in [0.1, 0.15) is 44.5 Å². The topological polar surface area (TPSA) is 99.2 Å². The third-order valence-electron chi connectivity index (χ3n) is 5.07. The zero-order chi connectivity index (χ0) is 24.1. The number of ether oxygens (including phenoxy) is 1. The number of thioether (sulfide) groups is 1. The summed E-state index contributed by atoms with van der Waals surface area (Å²) in [6.07, 6.45) is -0.0616. The fourth-order valence-electron chi connectivity index (χ4n) is 3.29. The number of rotatable bonds is 10. The van der Waals surface area contributed by atoms with E-state index in [1.165, 1.54) is 23.4 Å². The number of hydrogen-bond acceptors (Lipinski definition) is 7. The van der Waals surface area contributed by atoms with Gasteiger partial charge in [0, 0.05) is 30.3 Å². The summed E-state index contributed by atoms with van der Waals surface area (Å²) in [5.74, 6) is 0.821. The molecule has 0 radical (unpaired) electrons. The van der Waals surface area contributed by atoms with Crippen LogP contribution in [0.15, 0.2) is 38.9 Å². The fourth-order valence-corrected chi connectivity index (χ4v) is 4.40. The Bertz CT molecular complexity index is 1240. The summed E-state index contributed by atoms with van der Waals surface area (Å²) in [5.41, 5.74) is 0.353. The van der Waals surface area contributed by atoms with Gasteiger partial charge in [0.1, 0.15) is 16.2 Å². The monoisotopic (exact) mass is 492 g/mol. The first-order chi connectivity index (χ1) is 15.7. The molecule has 2 aromatic heterocycles. The van der Waals surface area contributed by atoms with Gasteiger partial charge in [0.25, 0.3) is 5.56 Å². The predicted octanol–water partition coefficient (Wildman–Crippen LogP) is 3.35. The van der Waals surface area contributed by atoms with Crippen LogP contribution in [0.4, 0.5) is 0 Å². The predicted molar refractivity (Wildman–Crippen MR) is 131 cm³/mol. The fraction of sp³-hybridized carbons (Fsp3) is 0.478. The van der Waals surface area contributed by atoms with Gasteiger partial charge in [0.2, 0.25) is 0 Å². The number of benzene rings is 1. The van der Waals surface area contributed by atoms with Crippen molar-refractivity contribution in [3.05, 3.63) is 61.5 Å². The molecule has 0 bridgehead atoms. The van der Waals surface area contributed by atoms with E-state index >= 15 is 0 Å². The van der Waals surface area contributed by atoms with Crippen LogP contribution in [0.5, 0.6) is 0 Å². The Hall–Kier alpha value is -2.20. The van der Waals surface area contributed by atoms with Crippen molar-refractivity contribution in [3.63, 3.8) is 0 Å². The normalized spacial score (nSPS) is 12.6. The molecule has 178 valence electrons. The van der Waals surface area contributed by atoms with Gasteiger partial charge in [-0.1, -0.05) is 50.6 Å². The number of aryl methyl sites for hydroxylation is 1. The molecule has 0 saturated carbocycles. The summed E-state index contributed by atoms with van der Waals surface area (Å²) in [4.78, 5) is 34.8. The van der Waals surface area contributed by atoms with Gasteiger partial charge >= 0.3 is 5.69 Å². The summed E-state index contributed by atoms with van der Waals surface area (Å²) < 4.78 is 8.23. The van der Waals surface area contributed by atoms with E-state index in [1.807, 2.05) is 39.0 Å². The SMILES string of the molecule is CCCn1c(=O)n(C)c(=O)c2c(SCC(O)COCc3ccccc3Cl)nc(C(C)C)nc21. The van der Waals surface area contributed by atoms with E-state index in [0.717, 1.165) is 16.6 Å². The molecule has 1 aromatic carbocycles. The van der Waals surface area contributed by atoms with Gasteiger partial charge in [0.15, 0.2) is 5.65 Å². The van der Waals surface area contributed by atoms with Gasteiger partial charge in [0.05, 0.1) is 19.3 Å². The molecule has 0 amide bonds. The lowest BCUT2D eigenvalue weighted by Crippen LogP contribution is -2.39. The van der Waals surface area contributed by atoms with Crippen LogP contribution in [0.2, 0.25) is 5.02 Å². The Balaban J connectivity index is 1.85. The van der Waals surface area contributed by atoms with Gasteiger partial charge in [-0.25, -0.2) is 14.8 Å². The van der Waals surface area contributed by atoms with E-state index in [-0.39, 0.29) is 18.3 Å². The summed E-state index contributed by atoms with van der Waals surface area (Å²) in [7, 11) is 1.46. The van der Waals surface area contributed by atoms with E-state index in [4.69, 9.17) is 16.3 Å². The number of aromatic nitrogens is 4. The minimum atomic E-state index is -0.782. The van der Waals surface area contributed by atoms with Crippen LogP contribution in [0.3, 0.4) is 0 Å². The Kier molecular flexibility index (Phi) is 8.69. The summed E-state index contributed by atoms with van der Waals surface area (Å²) >= 11 is 7.39. The van der Waals surface area contributed by atoms with Crippen molar-refractivity contribution in [1.29, 1.82) is 0 Å². The van der Waals surface area contributed by atoms with Crippen LogP contribution in [-0.4, -0.2) is 42.7 Å². The minimum absolute atomic E-state index is 0.00636. The Morgan fingerprint density at radius 1 is 1.21 bits per heavy atom. The highest BCUT2D eigenvalue weighted by Gasteiger charge is 2.20. The first kappa shape index (κ1) is 25.4. The molecule has 0 aliphatic heterocycles. The van der Waals surface area contributed by atoms with Gasteiger partial charge in [-0.15, -0.1) is 11.8 Å². The maximum atomic E-state index is 13.0. The molecule has 0 aliphatic carbocycles. The summed E-state index contributed by atoms with van der Waals surface area (Å²) in [6, 6.07) is 7.38. The van der Waals surface area contributed by atoms with E-state index < -0.39 is 17.4 Å². The van der Waals surface area contributed by atoms with E-state index in [1.54, 1.807) is 6.07 Å². The second-order valence-corrected chi connectivity index (χ2v) is 9.53. The molecule has 1 N–H and O–H groups in total. The van der Waals surface area contributed by atoms with Crippen molar-refractivity contribution in [2.24, 2.45) is 7.05 Å². The lowest BCUT2D eigenvalue weighted by molar-refractivity contribution is 0.0398. The zero-order valence-corrected chi connectivity index (χ0v) is 20.8. The second-order valence-electron chi connectivity index (χ2n) is 8.11. The molecule has 10 heteroatoms. The van der Waals surface area contributed by atoms with E-state index in [2.05, 4.69) is 9.97 Å². The van der Waals surface area contributed by atoms with Crippen LogP contribution in [0.25, 0.3) is 11.0 Å². The maximum absolute atomic E-state index is 13.0. The Labute approximate surface area is 201 Å². The highest BCUT2D eigenvalue weighted by molar-refractivity contribution is 7.99. The van der Waals surface area contributed by atoms with Gasteiger partial charge in [-0.2, -0.15) is 0 Å². The molecule has 0 aliphatic rings. The van der Waals surface area contributed by atoms with E-state index in [9.17, 15) is 14.7 Å². The molecule has 0 spiro atoms. The van der Waals surface area contributed by atoms with Crippen molar-refractivity contribution < 1.29 is 9.84 Å². The highest BCUT2D eigenvalue weighted by atomic mass is 35.5. The lowest BCUT2D eigenvalue weighted by Gasteiger charge is -2.16. The van der Waals surface area contributed by atoms with Crippen LogP contribution >= 0.6 is 23.4 Å². The molecule has 1 unspecified atom stereocenters. The molecule has 0 saturated heterocycles. The number of nitrogens with zero attached hydrogens (tertiary/aromatic N) is 4. The van der Waals surface area contributed by atoms with Gasteiger partial charge < -0.3 is 9.84 Å². The van der Waals surface area contributed by atoms with Gasteiger partial charge in [-0.05, 0) is 18.1 Å². The zero-order valence-electron chi connectivity index (χ0n) is 19.2. The van der Waals surface area contributed by atoms with Crippen molar-refractivity contribution in [1.82, 2.24) is 19.1 Å². The number of fused-ring (bicyclic) bond motifs is 1. The van der Waals surface area contributed by atoms with Crippen LogP contribution in [-0.2, 0) is 24.9 Å². The first-order valence-corrected chi connectivity index (χ1v) is 12.2. The molecule has 8 nitrogen and oxygen atoms in total. The number of aliphatic hydroxyl groups is 1. The summed E-state index contributed by atoms with van der Waals surface area (Å²) in [5, 5.41) is 11.8. The van der Waals surface area contributed by atoms with Gasteiger partial charge in [-0.3, -0.25) is 13.9 Å². The molecular formula is C23H29ClN4O4S. The molecule has 33 heavy (non-hydrogen) atoms. The third kappa shape index (κ3) is 5.84. The van der Waals surface area contributed by atoms with Crippen LogP contribution in [0, 0.1) is 0 Å². The first-order valence-electron chi connectivity index (χ1n) is 10.9. The Morgan fingerprint density at radius 3 is 2.61 bits per heavy atom. The molecular weight excluding hydrogens is 464 g/mol. The molecule has 0 fully saturated rings. The molecule has 2 heterocycles.